The molecule has 13 heteroatoms. The average molecular weight is 648 g/mol. The molecular formula is C33H33N3O9S. The van der Waals surface area contributed by atoms with E-state index in [0.29, 0.717) is 52.5 Å². The summed E-state index contributed by atoms with van der Waals surface area (Å²) >= 11 is 1.21. The van der Waals surface area contributed by atoms with E-state index >= 15 is 0 Å². The molecule has 240 valence electrons. The predicted molar refractivity (Wildman–Crippen MR) is 164 cm³/mol. The first-order chi connectivity index (χ1) is 22.1. The highest BCUT2D eigenvalue weighted by Crippen LogP contribution is 2.64. The van der Waals surface area contributed by atoms with Crippen molar-refractivity contribution in [1.82, 2.24) is 9.80 Å². The van der Waals surface area contributed by atoms with E-state index in [9.17, 15) is 24.8 Å². The molecule has 2 saturated heterocycles. The number of phenols is 1. The smallest absolute Gasteiger partial charge is 0.375 e. The van der Waals surface area contributed by atoms with Crippen molar-refractivity contribution in [2.24, 2.45) is 0 Å². The van der Waals surface area contributed by atoms with Gasteiger partial charge in [-0.3, -0.25) is 19.4 Å². The SMILES string of the molecule is C=CCN1C2Cc3cc(C)c(OC)c(O)c3[C@H]1C1[C@@H]3SCC(=O)C(=O)OC[C@@H](c4c5c(c(C)c(OC(C)=O)c43)OCO5)N1[C@H]2C#N. The summed E-state index contributed by atoms with van der Waals surface area (Å²) in [5, 5.41) is 22.1. The van der Waals surface area contributed by atoms with Gasteiger partial charge in [0.1, 0.15) is 18.4 Å². The number of cyclic esters (lactones) is 1. The van der Waals surface area contributed by atoms with Crippen LogP contribution in [0, 0.1) is 25.2 Å². The zero-order valence-electron chi connectivity index (χ0n) is 25.8. The van der Waals surface area contributed by atoms with Crippen molar-refractivity contribution >= 4 is 29.5 Å². The minimum Gasteiger partial charge on any atom is -0.504 e. The van der Waals surface area contributed by atoms with Crippen molar-refractivity contribution in [1.29, 1.82) is 5.26 Å². The van der Waals surface area contributed by atoms with Crippen molar-refractivity contribution in [3.63, 3.8) is 0 Å². The van der Waals surface area contributed by atoms with Crippen molar-refractivity contribution < 1.29 is 43.2 Å². The summed E-state index contributed by atoms with van der Waals surface area (Å²) in [4.78, 5) is 42.6. The lowest BCUT2D eigenvalue weighted by atomic mass is 9.71. The number of ether oxygens (including phenoxy) is 5. The van der Waals surface area contributed by atoms with Crippen LogP contribution in [-0.4, -0.2) is 83.6 Å². The van der Waals surface area contributed by atoms with Gasteiger partial charge < -0.3 is 28.8 Å². The molecule has 0 aliphatic carbocycles. The number of piperazine rings is 1. The Labute approximate surface area is 269 Å². The molecule has 4 bridgehead atoms. The number of nitrogens with zero attached hydrogens (tertiary/aromatic N) is 3. The molecule has 0 aromatic heterocycles. The van der Waals surface area contributed by atoms with Gasteiger partial charge in [-0.1, -0.05) is 12.1 Å². The van der Waals surface area contributed by atoms with Gasteiger partial charge in [-0.05, 0) is 31.4 Å². The van der Waals surface area contributed by atoms with E-state index in [0.717, 1.165) is 11.1 Å². The maximum absolute atomic E-state index is 13.0. The highest BCUT2D eigenvalue weighted by Gasteiger charge is 2.61. The largest absolute Gasteiger partial charge is 0.504 e. The van der Waals surface area contributed by atoms with Crippen LogP contribution < -0.4 is 18.9 Å². The molecule has 2 unspecified atom stereocenters. The van der Waals surface area contributed by atoms with Crippen LogP contribution in [0.5, 0.6) is 28.7 Å². The number of aromatic hydroxyl groups is 1. The normalized spacial score (nSPS) is 27.9. The third kappa shape index (κ3) is 4.23. The maximum Gasteiger partial charge on any atom is 0.375 e. The van der Waals surface area contributed by atoms with Crippen LogP contribution in [0.2, 0.25) is 0 Å². The molecular weight excluding hydrogens is 614 g/mol. The number of hydrogen-bond acceptors (Lipinski definition) is 13. The molecule has 0 radical (unpaired) electrons. The van der Waals surface area contributed by atoms with E-state index < -0.39 is 47.1 Å². The quantitative estimate of drug-likeness (QED) is 0.224. The number of phenolic OH excluding ortho intramolecular Hbond substituents is 1. The number of Topliss-reactive ketones (excluding diaryl/α,β-unsaturated/α-hetero) is 1. The molecule has 46 heavy (non-hydrogen) atoms. The number of aryl methyl sites for hydroxylation is 1. The van der Waals surface area contributed by atoms with E-state index in [1.54, 1.807) is 13.0 Å². The number of carbonyl (C=O) groups excluding carboxylic acids is 3. The molecule has 5 aliphatic rings. The van der Waals surface area contributed by atoms with Gasteiger partial charge in [0.2, 0.25) is 12.6 Å². The Hall–Kier alpha value is -4.25. The third-order valence-corrected chi connectivity index (χ3v) is 11.0. The second-order valence-corrected chi connectivity index (χ2v) is 13.2. The van der Waals surface area contributed by atoms with Gasteiger partial charge in [0.25, 0.3) is 0 Å². The molecule has 12 nitrogen and oxygen atoms in total. The van der Waals surface area contributed by atoms with Crippen LogP contribution in [-0.2, 0) is 25.5 Å². The van der Waals surface area contributed by atoms with Gasteiger partial charge in [0.05, 0.1) is 36.3 Å². The second kappa shape index (κ2) is 11.2. The molecule has 0 amide bonds. The fourth-order valence-corrected chi connectivity index (χ4v) is 9.48. The van der Waals surface area contributed by atoms with Crippen LogP contribution in [0.25, 0.3) is 0 Å². The molecule has 5 aliphatic heterocycles. The zero-order valence-corrected chi connectivity index (χ0v) is 26.6. The lowest BCUT2D eigenvalue weighted by Gasteiger charge is -2.62. The molecule has 2 aromatic rings. The van der Waals surface area contributed by atoms with E-state index in [1.165, 1.54) is 25.8 Å². The number of benzene rings is 2. The van der Waals surface area contributed by atoms with Gasteiger partial charge in [-0.15, -0.1) is 18.3 Å². The number of nitriles is 1. The van der Waals surface area contributed by atoms with Gasteiger partial charge >= 0.3 is 11.9 Å². The molecule has 7 rings (SSSR count). The highest BCUT2D eigenvalue weighted by atomic mass is 32.2. The lowest BCUT2D eigenvalue weighted by molar-refractivity contribution is -0.157. The summed E-state index contributed by atoms with van der Waals surface area (Å²) in [6.07, 6.45) is 2.23. The lowest BCUT2D eigenvalue weighted by Crippen LogP contribution is -2.70. The first-order valence-electron chi connectivity index (χ1n) is 15.0. The number of ketones is 1. The van der Waals surface area contributed by atoms with E-state index in [1.807, 2.05) is 13.0 Å². The van der Waals surface area contributed by atoms with E-state index in [2.05, 4.69) is 22.4 Å². The Kier molecular flexibility index (Phi) is 7.42. The maximum atomic E-state index is 13.0. The molecule has 0 saturated carbocycles. The Bertz CT molecular complexity index is 1750. The monoisotopic (exact) mass is 647 g/mol. The fourth-order valence-electron chi connectivity index (χ4n) is 8.14. The van der Waals surface area contributed by atoms with E-state index in [4.69, 9.17) is 23.7 Å². The summed E-state index contributed by atoms with van der Waals surface area (Å²) in [5.41, 5.74) is 4.08. The average Bonchev–Trinajstić information content (AvgIpc) is 3.51. The molecule has 2 aromatic carbocycles. The molecule has 0 spiro atoms. The Morgan fingerprint density at radius 1 is 1.20 bits per heavy atom. The summed E-state index contributed by atoms with van der Waals surface area (Å²) < 4.78 is 29.2. The number of rotatable bonds is 4. The number of hydrogen-bond donors (Lipinski definition) is 1. The van der Waals surface area contributed by atoms with Crippen LogP contribution in [0.3, 0.4) is 0 Å². The molecule has 5 heterocycles. The van der Waals surface area contributed by atoms with E-state index in [-0.39, 0.29) is 36.7 Å². The third-order valence-electron chi connectivity index (χ3n) is 9.70. The first kappa shape index (κ1) is 30.4. The Balaban J connectivity index is 1.58. The summed E-state index contributed by atoms with van der Waals surface area (Å²) in [5.74, 6) is -0.956. The van der Waals surface area contributed by atoms with Crippen LogP contribution >= 0.6 is 11.8 Å². The van der Waals surface area contributed by atoms with Crippen molar-refractivity contribution in [3.8, 4) is 34.8 Å². The summed E-state index contributed by atoms with van der Waals surface area (Å²) in [6.45, 7) is 9.04. The highest BCUT2D eigenvalue weighted by molar-refractivity contribution is 8.00. The van der Waals surface area contributed by atoms with Crippen LogP contribution in [0.4, 0.5) is 0 Å². The first-order valence-corrected chi connectivity index (χ1v) is 16.1. The predicted octanol–water partition coefficient (Wildman–Crippen LogP) is 3.36. The molecule has 6 atom stereocenters. The minimum absolute atomic E-state index is 0.00754. The Morgan fingerprint density at radius 3 is 2.65 bits per heavy atom. The summed E-state index contributed by atoms with van der Waals surface area (Å²) in [6, 6.07) is 1.62. The van der Waals surface area contributed by atoms with Crippen molar-refractivity contribution in [2.75, 3.05) is 32.8 Å². The van der Waals surface area contributed by atoms with Crippen LogP contribution in [0.1, 0.15) is 57.6 Å². The second-order valence-electron chi connectivity index (χ2n) is 12.1. The van der Waals surface area contributed by atoms with Crippen LogP contribution in [0.15, 0.2) is 18.7 Å². The van der Waals surface area contributed by atoms with Crippen molar-refractivity contribution in [3.05, 3.63) is 52.1 Å². The Morgan fingerprint density at radius 2 is 1.96 bits per heavy atom. The van der Waals surface area contributed by atoms with Crippen molar-refractivity contribution in [2.45, 2.75) is 62.7 Å². The fraction of sp³-hybridized carbons (Fsp3) is 0.455. The zero-order chi connectivity index (χ0) is 32.6. The van der Waals surface area contributed by atoms with Gasteiger partial charge in [0, 0.05) is 47.8 Å². The molecule has 2 fully saturated rings. The molecule has 1 N–H and O–H groups in total. The number of fused-ring (bicyclic) bond motifs is 9. The number of carbonyl (C=O) groups is 3. The van der Waals surface area contributed by atoms with Gasteiger partial charge in [0.15, 0.2) is 23.0 Å². The van der Waals surface area contributed by atoms with Gasteiger partial charge in [-0.25, -0.2) is 4.79 Å². The topological polar surface area (TPSA) is 148 Å². The van der Waals surface area contributed by atoms with Gasteiger partial charge in [-0.2, -0.15) is 5.26 Å². The standard InChI is InChI=1S/C33H33N3O9S/c1-6-7-35-18-9-17-8-14(2)28(41-5)27(39)22(17)25(35)26-32-24-23(31-30(43-13-44-31)15(3)29(24)45-16(4)37)20(36(26)19(18)10-34)11-42-33(40)21(38)12-46-32/h6,8,18-20,25-26,32,39H,1,7,9,11-13H2,2-5H3/t18?,19-,20-,25-,26?,32+/m0/s1. The number of thioether (sulfide) groups is 1. The summed E-state index contributed by atoms with van der Waals surface area (Å²) in [7, 11) is 1.51. The number of esters is 2. The number of methoxy groups -OCH3 is 1. The minimum atomic E-state index is -0.957.